The standard InChI is InChI=1S/C14H19N3O2/c1-17(9-6-11-4-7-15-8-5-11)14(19)10-13(18)16-12-2-3-12/h4-5,7-8,12H,2-3,6,9-10H2,1H3,(H,16,18). The van der Waals surface area contributed by atoms with E-state index in [2.05, 4.69) is 10.3 Å². The molecule has 1 aromatic heterocycles. The van der Waals surface area contributed by atoms with Crippen molar-refractivity contribution in [3.8, 4) is 0 Å². The molecule has 1 saturated carbocycles. The summed E-state index contributed by atoms with van der Waals surface area (Å²) in [5, 5.41) is 2.82. The van der Waals surface area contributed by atoms with E-state index in [-0.39, 0.29) is 18.2 Å². The summed E-state index contributed by atoms with van der Waals surface area (Å²) in [6.45, 7) is 0.611. The number of carbonyl (C=O) groups is 2. The lowest BCUT2D eigenvalue weighted by Gasteiger charge is -2.16. The summed E-state index contributed by atoms with van der Waals surface area (Å²) >= 11 is 0. The fourth-order valence-electron chi connectivity index (χ4n) is 1.75. The smallest absolute Gasteiger partial charge is 0.231 e. The molecule has 1 aliphatic rings. The molecule has 2 rings (SSSR count). The minimum absolute atomic E-state index is 0.0522. The molecule has 1 heterocycles. The molecule has 5 heteroatoms. The first-order chi connectivity index (χ1) is 9.15. The van der Waals surface area contributed by atoms with Crippen molar-refractivity contribution in [3.05, 3.63) is 30.1 Å². The number of aromatic nitrogens is 1. The van der Waals surface area contributed by atoms with Crippen molar-refractivity contribution in [1.82, 2.24) is 15.2 Å². The van der Waals surface area contributed by atoms with Gasteiger partial charge in [-0.2, -0.15) is 0 Å². The van der Waals surface area contributed by atoms with Crippen molar-refractivity contribution in [2.45, 2.75) is 31.7 Å². The Morgan fingerprint density at radius 3 is 2.68 bits per heavy atom. The van der Waals surface area contributed by atoms with E-state index in [1.165, 1.54) is 0 Å². The fourth-order valence-corrected chi connectivity index (χ4v) is 1.75. The van der Waals surface area contributed by atoms with E-state index in [0.29, 0.717) is 12.6 Å². The van der Waals surface area contributed by atoms with E-state index in [0.717, 1.165) is 24.8 Å². The lowest BCUT2D eigenvalue weighted by molar-refractivity contribution is -0.135. The largest absolute Gasteiger partial charge is 0.353 e. The molecular weight excluding hydrogens is 242 g/mol. The van der Waals surface area contributed by atoms with Crippen molar-refractivity contribution >= 4 is 11.8 Å². The van der Waals surface area contributed by atoms with Gasteiger partial charge >= 0.3 is 0 Å². The fraction of sp³-hybridized carbons (Fsp3) is 0.500. The molecule has 1 aliphatic carbocycles. The van der Waals surface area contributed by atoms with Crippen LogP contribution in [-0.4, -0.2) is 41.3 Å². The molecule has 0 bridgehead atoms. The van der Waals surface area contributed by atoms with Gasteiger partial charge in [0.05, 0.1) is 0 Å². The SMILES string of the molecule is CN(CCc1ccncc1)C(=O)CC(=O)NC1CC1. The molecule has 0 atom stereocenters. The normalized spacial score (nSPS) is 13.9. The minimum Gasteiger partial charge on any atom is -0.353 e. The van der Waals surface area contributed by atoms with Gasteiger partial charge in [-0.3, -0.25) is 14.6 Å². The maximum Gasteiger partial charge on any atom is 0.231 e. The number of nitrogens with one attached hydrogen (secondary N) is 1. The second-order valence-electron chi connectivity index (χ2n) is 4.94. The Hall–Kier alpha value is -1.91. The highest BCUT2D eigenvalue weighted by Crippen LogP contribution is 2.18. The van der Waals surface area contributed by atoms with Gasteiger partial charge in [0.25, 0.3) is 0 Å². The van der Waals surface area contributed by atoms with E-state index in [4.69, 9.17) is 0 Å². The second-order valence-corrected chi connectivity index (χ2v) is 4.94. The van der Waals surface area contributed by atoms with Crippen LogP contribution in [0.15, 0.2) is 24.5 Å². The van der Waals surface area contributed by atoms with Gasteiger partial charge in [-0.05, 0) is 37.0 Å². The third-order valence-corrected chi connectivity index (χ3v) is 3.17. The van der Waals surface area contributed by atoms with Crippen LogP contribution < -0.4 is 5.32 Å². The van der Waals surface area contributed by atoms with Gasteiger partial charge in [-0.15, -0.1) is 0 Å². The molecule has 0 unspecified atom stereocenters. The van der Waals surface area contributed by atoms with Gasteiger partial charge in [0, 0.05) is 32.0 Å². The van der Waals surface area contributed by atoms with Crippen molar-refractivity contribution in [3.63, 3.8) is 0 Å². The number of nitrogens with zero attached hydrogens (tertiary/aromatic N) is 2. The predicted molar refractivity (Wildman–Crippen MR) is 71.4 cm³/mol. The molecule has 1 N–H and O–H groups in total. The van der Waals surface area contributed by atoms with E-state index in [1.54, 1.807) is 24.3 Å². The van der Waals surface area contributed by atoms with E-state index < -0.39 is 0 Å². The minimum atomic E-state index is -0.164. The van der Waals surface area contributed by atoms with Gasteiger partial charge in [0.2, 0.25) is 11.8 Å². The van der Waals surface area contributed by atoms with Gasteiger partial charge in [-0.25, -0.2) is 0 Å². The van der Waals surface area contributed by atoms with Gasteiger partial charge in [0.1, 0.15) is 6.42 Å². The van der Waals surface area contributed by atoms with Crippen molar-refractivity contribution in [2.75, 3.05) is 13.6 Å². The highest BCUT2D eigenvalue weighted by molar-refractivity contribution is 5.96. The van der Waals surface area contributed by atoms with E-state index in [9.17, 15) is 9.59 Å². The summed E-state index contributed by atoms with van der Waals surface area (Å²) in [7, 11) is 1.73. The highest BCUT2D eigenvalue weighted by Gasteiger charge is 2.24. The van der Waals surface area contributed by atoms with Crippen molar-refractivity contribution < 1.29 is 9.59 Å². The molecule has 19 heavy (non-hydrogen) atoms. The number of amides is 2. The third kappa shape index (κ3) is 4.69. The van der Waals surface area contributed by atoms with Crippen LogP contribution in [0.5, 0.6) is 0 Å². The van der Waals surface area contributed by atoms with Crippen LogP contribution in [0.4, 0.5) is 0 Å². The van der Waals surface area contributed by atoms with Gasteiger partial charge in [0.15, 0.2) is 0 Å². The summed E-state index contributed by atoms with van der Waals surface area (Å²) in [6.07, 6.45) is 6.27. The number of pyridine rings is 1. The summed E-state index contributed by atoms with van der Waals surface area (Å²) in [5.74, 6) is -0.296. The number of likely N-dealkylation sites (N-methyl/N-ethyl adjacent to an activating group) is 1. The Kier molecular flexibility index (Phi) is 4.49. The first-order valence-corrected chi connectivity index (χ1v) is 6.57. The van der Waals surface area contributed by atoms with Crippen LogP contribution in [0, 0.1) is 0 Å². The molecule has 1 aromatic rings. The van der Waals surface area contributed by atoms with Crippen LogP contribution in [0.1, 0.15) is 24.8 Å². The summed E-state index contributed by atoms with van der Waals surface area (Å²) in [4.78, 5) is 28.9. The molecule has 102 valence electrons. The quantitative estimate of drug-likeness (QED) is 0.769. The number of hydrogen-bond acceptors (Lipinski definition) is 3. The van der Waals surface area contributed by atoms with Crippen LogP contribution in [0.2, 0.25) is 0 Å². The van der Waals surface area contributed by atoms with Crippen LogP contribution in [0.3, 0.4) is 0 Å². The Balaban J connectivity index is 1.71. The number of hydrogen-bond donors (Lipinski definition) is 1. The number of carbonyl (C=O) groups excluding carboxylic acids is 2. The zero-order chi connectivity index (χ0) is 13.7. The zero-order valence-corrected chi connectivity index (χ0v) is 11.1. The molecule has 0 spiro atoms. The topological polar surface area (TPSA) is 62.3 Å². The van der Waals surface area contributed by atoms with Crippen molar-refractivity contribution in [1.29, 1.82) is 0 Å². The molecule has 1 fully saturated rings. The van der Waals surface area contributed by atoms with Crippen LogP contribution in [-0.2, 0) is 16.0 Å². The summed E-state index contributed by atoms with van der Waals surface area (Å²) < 4.78 is 0. The second kappa shape index (κ2) is 6.31. The predicted octanol–water partition coefficient (Wildman–Crippen LogP) is 0.751. The maximum atomic E-state index is 11.8. The Bertz CT molecular complexity index is 443. The van der Waals surface area contributed by atoms with Gasteiger partial charge in [-0.1, -0.05) is 0 Å². The van der Waals surface area contributed by atoms with Crippen molar-refractivity contribution in [2.24, 2.45) is 0 Å². The monoisotopic (exact) mass is 261 g/mol. The molecule has 0 radical (unpaired) electrons. The molecule has 5 nitrogen and oxygen atoms in total. The third-order valence-electron chi connectivity index (χ3n) is 3.17. The first-order valence-electron chi connectivity index (χ1n) is 6.57. The summed E-state index contributed by atoms with van der Waals surface area (Å²) in [6, 6.07) is 4.17. The molecule has 2 amide bonds. The molecular formula is C14H19N3O2. The Morgan fingerprint density at radius 2 is 2.05 bits per heavy atom. The lowest BCUT2D eigenvalue weighted by Crippen LogP contribution is -2.35. The number of rotatable bonds is 6. The van der Waals surface area contributed by atoms with Crippen LogP contribution >= 0.6 is 0 Å². The maximum absolute atomic E-state index is 11.8. The van der Waals surface area contributed by atoms with E-state index in [1.807, 2.05) is 12.1 Å². The zero-order valence-electron chi connectivity index (χ0n) is 11.1. The first kappa shape index (κ1) is 13.5. The average Bonchev–Trinajstić information content (AvgIpc) is 3.20. The van der Waals surface area contributed by atoms with E-state index >= 15 is 0 Å². The molecule has 0 aliphatic heterocycles. The van der Waals surface area contributed by atoms with Crippen LogP contribution in [0.25, 0.3) is 0 Å². The molecule has 0 aromatic carbocycles. The highest BCUT2D eigenvalue weighted by atomic mass is 16.2. The van der Waals surface area contributed by atoms with Gasteiger partial charge < -0.3 is 10.2 Å². The summed E-state index contributed by atoms with van der Waals surface area (Å²) in [5.41, 5.74) is 1.14. The molecule has 0 saturated heterocycles. The average molecular weight is 261 g/mol. The lowest BCUT2D eigenvalue weighted by atomic mass is 10.2. The Labute approximate surface area is 113 Å². The Morgan fingerprint density at radius 1 is 1.37 bits per heavy atom.